The van der Waals surface area contributed by atoms with Crippen molar-refractivity contribution in [2.45, 2.75) is 30.6 Å². The Bertz CT molecular complexity index is 346. The van der Waals surface area contributed by atoms with E-state index in [1.165, 1.54) is 37.1 Å². The first-order chi connectivity index (χ1) is 7.36. The first-order valence-electron chi connectivity index (χ1n) is 5.78. The number of halogens is 1. The molecule has 2 unspecified atom stereocenters. The summed E-state index contributed by atoms with van der Waals surface area (Å²) in [5, 5.41) is 0.958. The summed E-state index contributed by atoms with van der Waals surface area (Å²) in [6, 6.07) is 9.85. The zero-order valence-corrected chi connectivity index (χ0v) is 10.4. The van der Waals surface area contributed by atoms with E-state index in [1.807, 2.05) is 0 Å². The van der Waals surface area contributed by atoms with Gasteiger partial charge in [-0.1, -0.05) is 28.1 Å². The molecule has 2 heteroatoms. The van der Waals surface area contributed by atoms with Gasteiger partial charge in [0.15, 0.2) is 0 Å². The molecule has 1 aliphatic carbocycles. The number of rotatable bonds is 2. The van der Waals surface area contributed by atoms with Crippen molar-refractivity contribution in [3.63, 3.8) is 0 Å². The second-order valence-corrected chi connectivity index (χ2v) is 5.35. The minimum Gasteiger partial charge on any atom is -0.368 e. The van der Waals surface area contributed by atoms with Crippen molar-refractivity contribution in [2.24, 2.45) is 5.92 Å². The molecule has 2 aliphatic rings. The van der Waals surface area contributed by atoms with Crippen LogP contribution < -0.4 is 4.90 Å². The van der Waals surface area contributed by atoms with Crippen LogP contribution >= 0.6 is 15.9 Å². The maximum Gasteiger partial charge on any atom is 0.0368 e. The molecule has 2 bridgehead atoms. The minimum atomic E-state index is 0.838. The molecule has 1 saturated heterocycles. The van der Waals surface area contributed by atoms with E-state index in [1.54, 1.807) is 0 Å². The Morgan fingerprint density at radius 2 is 2.00 bits per heavy atom. The Morgan fingerprint density at radius 1 is 1.20 bits per heavy atom. The van der Waals surface area contributed by atoms with Gasteiger partial charge in [-0.15, -0.1) is 0 Å². The van der Waals surface area contributed by atoms with Gasteiger partial charge >= 0.3 is 0 Å². The smallest absolute Gasteiger partial charge is 0.0368 e. The van der Waals surface area contributed by atoms with Crippen molar-refractivity contribution in [3.8, 4) is 0 Å². The number of piperidine rings is 1. The van der Waals surface area contributed by atoms with Crippen LogP contribution in [0.3, 0.4) is 0 Å². The molecule has 0 spiro atoms. The molecular weight excluding hydrogens is 250 g/mol. The van der Waals surface area contributed by atoms with Gasteiger partial charge < -0.3 is 4.90 Å². The molecule has 1 nitrogen and oxygen atoms in total. The summed E-state index contributed by atoms with van der Waals surface area (Å²) >= 11 is 3.48. The SMILES string of the molecule is BrCc1ccc(N2CC3CCC2C3)cc1. The van der Waals surface area contributed by atoms with Crippen molar-refractivity contribution in [1.29, 1.82) is 0 Å². The highest BCUT2D eigenvalue weighted by Crippen LogP contribution is 2.40. The molecule has 0 N–H and O–H groups in total. The Kier molecular flexibility index (Phi) is 2.47. The van der Waals surface area contributed by atoms with Gasteiger partial charge in [-0.2, -0.15) is 0 Å². The summed E-state index contributed by atoms with van der Waals surface area (Å²) in [5.41, 5.74) is 2.79. The molecule has 1 heterocycles. The third kappa shape index (κ3) is 1.69. The average Bonchev–Trinajstić information content (AvgIpc) is 2.91. The van der Waals surface area contributed by atoms with Gasteiger partial charge in [0.25, 0.3) is 0 Å². The Morgan fingerprint density at radius 3 is 2.53 bits per heavy atom. The third-order valence-corrected chi connectivity index (χ3v) is 4.48. The van der Waals surface area contributed by atoms with Crippen LogP contribution in [0.25, 0.3) is 0 Å². The fourth-order valence-electron chi connectivity index (χ4n) is 3.02. The highest BCUT2D eigenvalue weighted by Gasteiger charge is 2.37. The van der Waals surface area contributed by atoms with Gasteiger partial charge in [-0.25, -0.2) is 0 Å². The predicted molar refractivity (Wildman–Crippen MR) is 67.5 cm³/mol. The van der Waals surface area contributed by atoms with Crippen molar-refractivity contribution < 1.29 is 0 Å². The van der Waals surface area contributed by atoms with E-state index in [-0.39, 0.29) is 0 Å². The van der Waals surface area contributed by atoms with Gasteiger partial charge in [-0.3, -0.25) is 0 Å². The first kappa shape index (κ1) is 9.71. The van der Waals surface area contributed by atoms with Crippen molar-refractivity contribution >= 4 is 21.6 Å². The van der Waals surface area contributed by atoms with Crippen molar-refractivity contribution in [3.05, 3.63) is 29.8 Å². The van der Waals surface area contributed by atoms with Gasteiger partial charge in [0.2, 0.25) is 0 Å². The second-order valence-electron chi connectivity index (χ2n) is 4.79. The first-order valence-corrected chi connectivity index (χ1v) is 6.90. The van der Waals surface area contributed by atoms with E-state index >= 15 is 0 Å². The van der Waals surface area contributed by atoms with Crippen LogP contribution in [0, 0.1) is 5.92 Å². The molecular formula is C13H16BrN. The lowest BCUT2D eigenvalue weighted by molar-refractivity contribution is 0.553. The quantitative estimate of drug-likeness (QED) is 0.740. The van der Waals surface area contributed by atoms with Crippen LogP contribution in [-0.2, 0) is 5.33 Å². The van der Waals surface area contributed by atoms with Gasteiger partial charge in [-0.05, 0) is 42.9 Å². The lowest BCUT2D eigenvalue weighted by Gasteiger charge is -2.29. The normalized spacial score (nSPS) is 28.7. The highest BCUT2D eigenvalue weighted by atomic mass is 79.9. The predicted octanol–water partition coefficient (Wildman–Crippen LogP) is 3.57. The van der Waals surface area contributed by atoms with Crippen LogP contribution in [0.1, 0.15) is 24.8 Å². The van der Waals surface area contributed by atoms with Crippen molar-refractivity contribution in [2.75, 3.05) is 11.4 Å². The maximum absolute atomic E-state index is 3.48. The Hall–Kier alpha value is -0.500. The van der Waals surface area contributed by atoms with Crippen molar-refractivity contribution in [1.82, 2.24) is 0 Å². The third-order valence-electron chi connectivity index (χ3n) is 3.83. The summed E-state index contributed by atoms with van der Waals surface area (Å²) in [4.78, 5) is 2.60. The number of benzene rings is 1. The van der Waals surface area contributed by atoms with E-state index in [0.29, 0.717) is 0 Å². The van der Waals surface area contributed by atoms with Gasteiger partial charge in [0.1, 0.15) is 0 Å². The second kappa shape index (κ2) is 3.82. The molecule has 2 fully saturated rings. The molecule has 15 heavy (non-hydrogen) atoms. The topological polar surface area (TPSA) is 3.24 Å². The molecule has 1 aromatic carbocycles. The molecule has 0 aromatic heterocycles. The Labute approximate surface area is 99.6 Å². The molecule has 3 rings (SSSR count). The number of hydrogen-bond acceptors (Lipinski definition) is 1. The zero-order chi connectivity index (χ0) is 10.3. The summed E-state index contributed by atoms with van der Waals surface area (Å²) in [7, 11) is 0. The van der Waals surface area contributed by atoms with E-state index in [4.69, 9.17) is 0 Å². The minimum absolute atomic E-state index is 0.838. The zero-order valence-electron chi connectivity index (χ0n) is 8.82. The van der Waals surface area contributed by atoms with Crippen LogP contribution in [0.5, 0.6) is 0 Å². The van der Waals surface area contributed by atoms with Gasteiger partial charge in [0.05, 0.1) is 0 Å². The fourth-order valence-corrected chi connectivity index (χ4v) is 3.39. The molecule has 0 amide bonds. The van der Waals surface area contributed by atoms with Gasteiger partial charge in [0, 0.05) is 23.6 Å². The molecule has 1 aliphatic heterocycles. The molecule has 80 valence electrons. The largest absolute Gasteiger partial charge is 0.368 e. The van der Waals surface area contributed by atoms with Crippen LogP contribution in [0.2, 0.25) is 0 Å². The number of alkyl halides is 1. The lowest BCUT2D eigenvalue weighted by atomic mass is 10.1. The monoisotopic (exact) mass is 265 g/mol. The number of fused-ring (bicyclic) bond motifs is 2. The average molecular weight is 266 g/mol. The van der Waals surface area contributed by atoms with E-state index in [2.05, 4.69) is 45.1 Å². The molecule has 2 atom stereocenters. The number of hydrogen-bond donors (Lipinski definition) is 0. The summed E-state index contributed by atoms with van der Waals surface area (Å²) < 4.78 is 0. The van der Waals surface area contributed by atoms with Crippen LogP contribution in [0.4, 0.5) is 5.69 Å². The lowest BCUT2D eigenvalue weighted by Crippen LogP contribution is -2.31. The standard InChI is InChI=1S/C13H16BrN/c14-8-10-1-4-12(5-2-10)15-9-11-3-6-13(15)7-11/h1-2,4-5,11,13H,3,6-9H2. The van der Waals surface area contributed by atoms with E-state index in [0.717, 1.165) is 17.3 Å². The fraction of sp³-hybridized carbons (Fsp3) is 0.538. The van der Waals surface area contributed by atoms with Crippen LogP contribution in [0.15, 0.2) is 24.3 Å². The number of anilines is 1. The maximum atomic E-state index is 3.48. The van der Waals surface area contributed by atoms with E-state index < -0.39 is 0 Å². The Balaban J connectivity index is 1.81. The van der Waals surface area contributed by atoms with Crippen LogP contribution in [-0.4, -0.2) is 12.6 Å². The summed E-state index contributed by atoms with van der Waals surface area (Å²) in [5.74, 6) is 0.978. The summed E-state index contributed by atoms with van der Waals surface area (Å²) in [6.45, 7) is 1.29. The number of nitrogens with zero attached hydrogens (tertiary/aromatic N) is 1. The van der Waals surface area contributed by atoms with E-state index in [9.17, 15) is 0 Å². The summed E-state index contributed by atoms with van der Waals surface area (Å²) in [6.07, 6.45) is 4.30. The highest BCUT2D eigenvalue weighted by molar-refractivity contribution is 9.08. The molecule has 1 aromatic rings. The molecule has 0 radical (unpaired) electrons. The molecule has 1 saturated carbocycles.